The molecule has 1 amide bonds. The molecule has 1 aromatic carbocycles. The Balaban J connectivity index is 0.00000242. The minimum Gasteiger partial charge on any atom is -0.355 e. The zero-order valence-corrected chi connectivity index (χ0v) is 14.5. The molecule has 0 aliphatic carbocycles. The molecule has 1 unspecified atom stereocenters. The van der Waals surface area contributed by atoms with Gasteiger partial charge in [-0.3, -0.25) is 4.79 Å². The summed E-state index contributed by atoms with van der Waals surface area (Å²) in [5.41, 5.74) is 5.43. The average molecular weight is 344 g/mol. The first-order valence-electron chi connectivity index (χ1n) is 7.67. The van der Waals surface area contributed by atoms with Crippen LogP contribution in [-0.4, -0.2) is 49.3 Å². The molecule has 0 bridgehead atoms. The molecule has 0 aromatic heterocycles. The molecule has 1 aliphatic heterocycles. The second-order valence-corrected chi connectivity index (χ2v) is 6.55. The van der Waals surface area contributed by atoms with Crippen molar-refractivity contribution in [1.29, 1.82) is 0 Å². The fourth-order valence-corrected chi connectivity index (χ4v) is 3.56. The molecule has 1 aromatic rings. The van der Waals surface area contributed by atoms with Crippen LogP contribution in [0.4, 0.5) is 0 Å². The topological polar surface area (TPSA) is 58.4 Å². The summed E-state index contributed by atoms with van der Waals surface area (Å²) in [6.07, 6.45) is 2.11. The average Bonchev–Trinajstić information content (AvgIpc) is 2.54. The number of likely N-dealkylation sites (tertiary alicyclic amines) is 1. The van der Waals surface area contributed by atoms with Crippen molar-refractivity contribution in [3.63, 3.8) is 0 Å². The second kappa shape index (κ2) is 10.9. The van der Waals surface area contributed by atoms with E-state index in [4.69, 9.17) is 5.73 Å². The Morgan fingerprint density at radius 2 is 2.14 bits per heavy atom. The largest absolute Gasteiger partial charge is 0.355 e. The molecular weight excluding hydrogens is 318 g/mol. The van der Waals surface area contributed by atoms with Gasteiger partial charge in [0.15, 0.2) is 0 Å². The van der Waals surface area contributed by atoms with E-state index >= 15 is 0 Å². The van der Waals surface area contributed by atoms with Gasteiger partial charge in [-0.15, -0.1) is 24.2 Å². The standard InChI is InChI=1S/C16H25N3OS.ClH/c17-8-9-18-16(20)14-5-4-10-19(13-14)11-12-21-15-6-2-1-3-7-15;/h1-3,6-7,14H,4-5,8-13,17H2,(H,18,20);1H. The minimum absolute atomic E-state index is 0. The maximum absolute atomic E-state index is 12.0. The monoisotopic (exact) mass is 343 g/mol. The van der Waals surface area contributed by atoms with E-state index in [9.17, 15) is 4.79 Å². The van der Waals surface area contributed by atoms with Crippen LogP contribution in [0.2, 0.25) is 0 Å². The molecule has 1 atom stereocenters. The Morgan fingerprint density at radius 1 is 1.36 bits per heavy atom. The highest BCUT2D eigenvalue weighted by Crippen LogP contribution is 2.20. The number of piperidine rings is 1. The lowest BCUT2D eigenvalue weighted by Gasteiger charge is -2.31. The number of halogens is 1. The van der Waals surface area contributed by atoms with Gasteiger partial charge in [0.05, 0.1) is 5.92 Å². The molecule has 1 aliphatic rings. The fourth-order valence-electron chi connectivity index (χ4n) is 2.62. The van der Waals surface area contributed by atoms with E-state index in [1.54, 1.807) is 0 Å². The van der Waals surface area contributed by atoms with E-state index in [2.05, 4.69) is 34.5 Å². The summed E-state index contributed by atoms with van der Waals surface area (Å²) in [6, 6.07) is 10.5. The number of benzene rings is 1. The van der Waals surface area contributed by atoms with Gasteiger partial charge < -0.3 is 16.0 Å². The quantitative estimate of drug-likeness (QED) is 0.743. The summed E-state index contributed by atoms with van der Waals surface area (Å²) in [7, 11) is 0. The van der Waals surface area contributed by atoms with Gasteiger partial charge in [-0.2, -0.15) is 0 Å². The van der Waals surface area contributed by atoms with Crippen LogP contribution in [0.1, 0.15) is 12.8 Å². The van der Waals surface area contributed by atoms with Crippen LogP contribution in [-0.2, 0) is 4.79 Å². The molecule has 3 N–H and O–H groups in total. The number of thioether (sulfide) groups is 1. The number of nitrogens with two attached hydrogens (primary N) is 1. The molecule has 0 radical (unpaired) electrons. The van der Waals surface area contributed by atoms with E-state index in [0.29, 0.717) is 13.1 Å². The van der Waals surface area contributed by atoms with Crippen LogP contribution < -0.4 is 11.1 Å². The van der Waals surface area contributed by atoms with E-state index in [0.717, 1.165) is 38.2 Å². The first kappa shape index (κ1) is 19.3. The lowest BCUT2D eigenvalue weighted by atomic mass is 9.97. The summed E-state index contributed by atoms with van der Waals surface area (Å²) in [4.78, 5) is 15.7. The Morgan fingerprint density at radius 3 is 2.86 bits per heavy atom. The Labute approximate surface area is 143 Å². The van der Waals surface area contributed by atoms with Crippen LogP contribution in [0.25, 0.3) is 0 Å². The lowest BCUT2D eigenvalue weighted by Crippen LogP contribution is -2.44. The summed E-state index contributed by atoms with van der Waals surface area (Å²) in [6.45, 7) is 4.12. The van der Waals surface area contributed by atoms with Crippen molar-refractivity contribution < 1.29 is 4.79 Å². The highest BCUT2D eigenvalue weighted by atomic mass is 35.5. The fraction of sp³-hybridized carbons (Fsp3) is 0.562. The number of nitrogens with one attached hydrogen (secondary N) is 1. The Hall–Kier alpha value is -0.750. The van der Waals surface area contributed by atoms with Gasteiger partial charge in [0.2, 0.25) is 5.91 Å². The number of carbonyl (C=O) groups is 1. The summed E-state index contributed by atoms with van der Waals surface area (Å²) < 4.78 is 0. The number of hydrogen-bond acceptors (Lipinski definition) is 4. The van der Waals surface area contributed by atoms with Gasteiger partial charge in [0, 0.05) is 36.8 Å². The lowest BCUT2D eigenvalue weighted by molar-refractivity contribution is -0.126. The molecule has 4 nitrogen and oxygen atoms in total. The third-order valence-corrected chi connectivity index (χ3v) is 4.73. The van der Waals surface area contributed by atoms with Crippen LogP contribution in [0.15, 0.2) is 35.2 Å². The number of hydrogen-bond donors (Lipinski definition) is 2. The molecule has 6 heteroatoms. The van der Waals surface area contributed by atoms with Crippen molar-refractivity contribution >= 4 is 30.1 Å². The maximum atomic E-state index is 12.0. The molecule has 0 saturated carbocycles. The van der Waals surface area contributed by atoms with E-state index in [1.807, 2.05) is 17.8 Å². The summed E-state index contributed by atoms with van der Waals surface area (Å²) >= 11 is 1.88. The van der Waals surface area contributed by atoms with Crippen LogP contribution in [0.3, 0.4) is 0 Å². The van der Waals surface area contributed by atoms with Crippen molar-refractivity contribution in [2.24, 2.45) is 11.7 Å². The third-order valence-electron chi connectivity index (χ3n) is 3.74. The highest BCUT2D eigenvalue weighted by Gasteiger charge is 2.25. The number of amides is 1. The van der Waals surface area contributed by atoms with E-state index in [1.165, 1.54) is 4.90 Å². The van der Waals surface area contributed by atoms with Gasteiger partial charge in [-0.05, 0) is 31.5 Å². The molecule has 1 fully saturated rings. The molecule has 22 heavy (non-hydrogen) atoms. The van der Waals surface area contributed by atoms with Crippen molar-refractivity contribution in [2.75, 3.05) is 38.5 Å². The summed E-state index contributed by atoms with van der Waals surface area (Å²) in [5.74, 6) is 1.37. The maximum Gasteiger partial charge on any atom is 0.224 e. The van der Waals surface area contributed by atoms with Crippen LogP contribution in [0.5, 0.6) is 0 Å². The van der Waals surface area contributed by atoms with E-state index < -0.39 is 0 Å². The van der Waals surface area contributed by atoms with Crippen molar-refractivity contribution in [3.05, 3.63) is 30.3 Å². The van der Waals surface area contributed by atoms with Crippen molar-refractivity contribution in [2.45, 2.75) is 17.7 Å². The number of carbonyl (C=O) groups excluding carboxylic acids is 1. The zero-order chi connectivity index (χ0) is 14.9. The minimum atomic E-state index is 0. The van der Waals surface area contributed by atoms with Crippen molar-refractivity contribution in [3.8, 4) is 0 Å². The number of rotatable bonds is 7. The van der Waals surface area contributed by atoms with Crippen LogP contribution in [0, 0.1) is 5.92 Å². The van der Waals surface area contributed by atoms with Gasteiger partial charge in [0.25, 0.3) is 0 Å². The smallest absolute Gasteiger partial charge is 0.224 e. The predicted molar refractivity (Wildman–Crippen MR) is 95.6 cm³/mol. The molecule has 0 spiro atoms. The second-order valence-electron chi connectivity index (χ2n) is 5.38. The first-order chi connectivity index (χ1) is 10.3. The zero-order valence-electron chi connectivity index (χ0n) is 12.9. The predicted octanol–water partition coefficient (Wildman–Crippen LogP) is 1.99. The summed E-state index contributed by atoms with van der Waals surface area (Å²) in [5, 5.41) is 2.91. The molecule has 2 rings (SSSR count). The third kappa shape index (κ3) is 6.57. The van der Waals surface area contributed by atoms with Gasteiger partial charge in [0.1, 0.15) is 0 Å². The van der Waals surface area contributed by atoms with Gasteiger partial charge in [-0.1, -0.05) is 18.2 Å². The molecule has 1 heterocycles. The van der Waals surface area contributed by atoms with Crippen LogP contribution >= 0.6 is 24.2 Å². The van der Waals surface area contributed by atoms with E-state index in [-0.39, 0.29) is 24.2 Å². The normalized spacial score (nSPS) is 18.5. The Bertz CT molecular complexity index is 433. The van der Waals surface area contributed by atoms with Gasteiger partial charge in [-0.25, -0.2) is 0 Å². The van der Waals surface area contributed by atoms with Gasteiger partial charge >= 0.3 is 0 Å². The molecular formula is C16H26ClN3OS. The first-order valence-corrected chi connectivity index (χ1v) is 8.66. The highest BCUT2D eigenvalue weighted by molar-refractivity contribution is 7.99. The number of nitrogens with zero attached hydrogens (tertiary/aromatic N) is 1. The molecule has 124 valence electrons. The molecule has 1 saturated heterocycles. The van der Waals surface area contributed by atoms with Crippen molar-refractivity contribution in [1.82, 2.24) is 10.2 Å². The Kier molecular flexibility index (Phi) is 9.55. The SMILES string of the molecule is Cl.NCCNC(=O)C1CCCN(CCSc2ccccc2)C1.